The Hall–Kier alpha value is -0.440. The van der Waals surface area contributed by atoms with Gasteiger partial charge in [-0.3, -0.25) is 4.79 Å². The van der Waals surface area contributed by atoms with Crippen molar-refractivity contribution in [3.8, 4) is 0 Å². The lowest BCUT2D eigenvalue weighted by atomic mass is 10.2. The monoisotopic (exact) mass is 213 g/mol. The van der Waals surface area contributed by atoms with Crippen LogP contribution in [0.1, 0.15) is 33.6 Å². The molecule has 2 nitrogen and oxygen atoms in total. The molecule has 1 atom stereocenters. The van der Waals surface area contributed by atoms with E-state index in [1.54, 1.807) is 0 Å². The molecule has 1 rings (SSSR count). The molecule has 1 unspecified atom stereocenters. The Labute approximate surface area is 90.5 Å². The number of amides is 1. The van der Waals surface area contributed by atoms with Crippen LogP contribution in [0.15, 0.2) is 11.0 Å². The summed E-state index contributed by atoms with van der Waals surface area (Å²) in [5.74, 6) is 0.251. The third-order valence-corrected chi connectivity index (χ3v) is 3.49. The van der Waals surface area contributed by atoms with E-state index in [4.69, 9.17) is 0 Å². The lowest BCUT2D eigenvalue weighted by molar-refractivity contribution is -0.123. The van der Waals surface area contributed by atoms with Gasteiger partial charge in [0.25, 0.3) is 0 Å². The van der Waals surface area contributed by atoms with Crippen molar-refractivity contribution in [2.45, 2.75) is 38.9 Å². The molecule has 1 N–H and O–H groups in total. The van der Waals surface area contributed by atoms with E-state index < -0.39 is 0 Å². The highest BCUT2D eigenvalue weighted by atomic mass is 32.2. The fourth-order valence-corrected chi connectivity index (χ4v) is 2.45. The van der Waals surface area contributed by atoms with Crippen molar-refractivity contribution in [3.63, 3.8) is 0 Å². The van der Waals surface area contributed by atoms with Crippen LogP contribution in [0.25, 0.3) is 0 Å². The van der Waals surface area contributed by atoms with Gasteiger partial charge in [0.1, 0.15) is 0 Å². The second-order valence-electron chi connectivity index (χ2n) is 4.03. The molecule has 0 fully saturated rings. The Morgan fingerprint density at radius 1 is 1.71 bits per heavy atom. The van der Waals surface area contributed by atoms with Gasteiger partial charge in [0.2, 0.25) is 5.91 Å². The molecular formula is C11H19NOS. The highest BCUT2D eigenvalue weighted by Crippen LogP contribution is 2.33. The van der Waals surface area contributed by atoms with Gasteiger partial charge in [0.15, 0.2) is 0 Å². The average Bonchev–Trinajstić information content (AvgIpc) is 2.51. The fourth-order valence-electron chi connectivity index (χ4n) is 1.33. The maximum atomic E-state index is 11.2. The van der Waals surface area contributed by atoms with Crippen molar-refractivity contribution in [2.75, 3.05) is 6.54 Å². The summed E-state index contributed by atoms with van der Waals surface area (Å²) in [6.07, 6.45) is 4.46. The van der Waals surface area contributed by atoms with Crippen LogP contribution >= 0.6 is 11.8 Å². The Bertz CT molecular complexity index is 235. The van der Waals surface area contributed by atoms with Crippen LogP contribution in [-0.4, -0.2) is 17.7 Å². The Balaban J connectivity index is 2.13. The van der Waals surface area contributed by atoms with Crippen molar-refractivity contribution in [3.05, 3.63) is 11.0 Å². The van der Waals surface area contributed by atoms with E-state index in [1.807, 2.05) is 25.6 Å². The van der Waals surface area contributed by atoms with Crippen LogP contribution in [0.2, 0.25) is 0 Å². The summed E-state index contributed by atoms with van der Waals surface area (Å²) in [6.45, 7) is 6.85. The summed E-state index contributed by atoms with van der Waals surface area (Å²) in [6, 6.07) is 0. The van der Waals surface area contributed by atoms with Gasteiger partial charge in [0, 0.05) is 17.7 Å². The van der Waals surface area contributed by atoms with Crippen molar-refractivity contribution in [2.24, 2.45) is 5.92 Å². The van der Waals surface area contributed by atoms with Crippen LogP contribution in [0.5, 0.6) is 0 Å². The van der Waals surface area contributed by atoms with E-state index in [9.17, 15) is 4.79 Å². The van der Waals surface area contributed by atoms with Gasteiger partial charge in [0.05, 0.1) is 0 Å². The van der Waals surface area contributed by atoms with Crippen LogP contribution in [0.4, 0.5) is 0 Å². The highest BCUT2D eigenvalue weighted by molar-refractivity contribution is 8.03. The Morgan fingerprint density at radius 2 is 2.43 bits per heavy atom. The minimum absolute atomic E-state index is 0.0964. The first kappa shape index (κ1) is 11.6. The van der Waals surface area contributed by atoms with Gasteiger partial charge in [-0.1, -0.05) is 26.8 Å². The summed E-state index contributed by atoms with van der Waals surface area (Å²) in [5, 5.41) is 3.66. The summed E-state index contributed by atoms with van der Waals surface area (Å²) in [4.78, 5) is 12.7. The zero-order valence-electron chi connectivity index (χ0n) is 9.17. The van der Waals surface area contributed by atoms with Crippen LogP contribution in [-0.2, 0) is 4.79 Å². The molecular weight excluding hydrogens is 194 g/mol. The predicted octanol–water partition coefficient (Wildman–Crippen LogP) is 2.56. The van der Waals surface area contributed by atoms with Crippen molar-refractivity contribution < 1.29 is 4.79 Å². The molecule has 0 aromatic rings. The molecule has 1 aliphatic heterocycles. The lowest BCUT2D eigenvalue weighted by Crippen LogP contribution is -2.28. The lowest BCUT2D eigenvalue weighted by Gasteiger charge is -2.08. The second kappa shape index (κ2) is 5.44. The third kappa shape index (κ3) is 3.74. The predicted molar refractivity (Wildman–Crippen MR) is 62.2 cm³/mol. The summed E-state index contributed by atoms with van der Waals surface area (Å²) in [5.41, 5.74) is 0. The van der Waals surface area contributed by atoms with Crippen LogP contribution in [0.3, 0.4) is 0 Å². The fraction of sp³-hybridized carbons (Fsp3) is 0.727. The molecule has 14 heavy (non-hydrogen) atoms. The summed E-state index contributed by atoms with van der Waals surface area (Å²) in [7, 11) is 0. The first-order valence-corrected chi connectivity index (χ1v) is 6.11. The first-order valence-electron chi connectivity index (χ1n) is 5.23. The molecule has 80 valence electrons. The number of carbonyl (C=O) groups excluding carboxylic acids is 1. The van der Waals surface area contributed by atoms with Crippen LogP contribution < -0.4 is 5.32 Å². The zero-order valence-corrected chi connectivity index (χ0v) is 9.99. The van der Waals surface area contributed by atoms with Crippen LogP contribution in [0, 0.1) is 5.92 Å². The Morgan fingerprint density at radius 3 is 2.93 bits per heavy atom. The molecule has 0 aliphatic carbocycles. The number of nitrogens with one attached hydrogen (secondary N) is 1. The number of allylic oxidation sites excluding steroid dienone is 1. The van der Waals surface area contributed by atoms with Gasteiger partial charge in [-0.05, 0) is 17.7 Å². The summed E-state index contributed by atoms with van der Waals surface area (Å²) < 4.78 is 0. The molecule has 0 spiro atoms. The van der Waals surface area contributed by atoms with E-state index in [0.717, 1.165) is 18.2 Å². The number of hydrogen-bond donors (Lipinski definition) is 1. The zero-order chi connectivity index (χ0) is 10.6. The highest BCUT2D eigenvalue weighted by Gasteiger charge is 2.13. The van der Waals surface area contributed by atoms with Gasteiger partial charge in [-0.25, -0.2) is 0 Å². The van der Waals surface area contributed by atoms with Gasteiger partial charge >= 0.3 is 0 Å². The number of rotatable bonds is 4. The molecule has 0 aromatic carbocycles. The molecule has 0 saturated heterocycles. The molecule has 3 heteroatoms. The smallest absolute Gasteiger partial charge is 0.222 e. The van der Waals surface area contributed by atoms with E-state index in [0.29, 0.717) is 0 Å². The van der Waals surface area contributed by atoms with Crippen molar-refractivity contribution >= 4 is 17.7 Å². The van der Waals surface area contributed by atoms with E-state index in [2.05, 4.69) is 18.3 Å². The average molecular weight is 213 g/mol. The second-order valence-corrected chi connectivity index (χ2v) is 5.60. The van der Waals surface area contributed by atoms with E-state index in [-0.39, 0.29) is 11.8 Å². The first-order chi connectivity index (χ1) is 6.59. The largest absolute Gasteiger partial charge is 0.356 e. The molecule has 0 aromatic heterocycles. The third-order valence-electron chi connectivity index (χ3n) is 2.23. The molecule has 1 heterocycles. The minimum Gasteiger partial charge on any atom is -0.356 e. The maximum absolute atomic E-state index is 11.2. The normalized spacial score (nSPS) is 21.1. The number of thioether (sulfide) groups is 1. The maximum Gasteiger partial charge on any atom is 0.222 e. The van der Waals surface area contributed by atoms with Gasteiger partial charge < -0.3 is 5.32 Å². The topological polar surface area (TPSA) is 29.1 Å². The van der Waals surface area contributed by atoms with E-state index >= 15 is 0 Å². The molecule has 0 radical (unpaired) electrons. The van der Waals surface area contributed by atoms with Gasteiger partial charge in [-0.15, -0.1) is 11.8 Å². The SMILES string of the molecule is CC1CC=C(CCNC(=O)C(C)C)S1. The quantitative estimate of drug-likeness (QED) is 0.777. The van der Waals surface area contributed by atoms with E-state index in [1.165, 1.54) is 11.3 Å². The molecule has 1 amide bonds. The molecule has 0 bridgehead atoms. The standard InChI is InChI=1S/C11H19NOS/c1-8(2)11(13)12-7-6-10-5-4-9(3)14-10/h5,8-9H,4,6-7H2,1-3H3,(H,12,13). The van der Waals surface area contributed by atoms with Crippen molar-refractivity contribution in [1.29, 1.82) is 0 Å². The molecule has 1 aliphatic rings. The van der Waals surface area contributed by atoms with Crippen molar-refractivity contribution in [1.82, 2.24) is 5.32 Å². The number of hydrogen-bond acceptors (Lipinski definition) is 2. The Kier molecular flexibility index (Phi) is 4.52. The molecule has 0 saturated carbocycles. The number of carbonyl (C=O) groups is 1. The minimum atomic E-state index is 0.0964. The summed E-state index contributed by atoms with van der Waals surface area (Å²) >= 11 is 1.94. The van der Waals surface area contributed by atoms with Gasteiger partial charge in [-0.2, -0.15) is 0 Å².